The number of para-hydroxylation sites is 1. The second-order valence-corrected chi connectivity index (χ2v) is 6.11. The van der Waals surface area contributed by atoms with Crippen LogP contribution < -0.4 is 10.3 Å². The Morgan fingerprint density at radius 2 is 1.89 bits per heavy atom. The Morgan fingerprint density at radius 3 is 2.78 bits per heavy atom. The molecule has 6 heteroatoms. The molecule has 0 radical (unpaired) electrons. The summed E-state index contributed by atoms with van der Waals surface area (Å²) in [4.78, 5) is 23.1. The van der Waals surface area contributed by atoms with Crippen LogP contribution in [0.1, 0.15) is 0 Å². The van der Waals surface area contributed by atoms with Gasteiger partial charge in [-0.2, -0.15) is 4.98 Å². The van der Waals surface area contributed by atoms with Crippen molar-refractivity contribution in [2.75, 3.05) is 0 Å². The van der Waals surface area contributed by atoms with E-state index in [1.807, 2.05) is 48.7 Å². The van der Waals surface area contributed by atoms with Crippen molar-refractivity contribution in [1.82, 2.24) is 19.5 Å². The molecule has 5 aromatic rings. The van der Waals surface area contributed by atoms with E-state index in [1.54, 1.807) is 18.5 Å². The van der Waals surface area contributed by atoms with Gasteiger partial charge in [0.05, 0.1) is 22.6 Å². The molecule has 0 amide bonds. The number of aromatic amines is 1. The number of pyridine rings is 1. The highest BCUT2D eigenvalue weighted by molar-refractivity contribution is 5.83. The fourth-order valence-corrected chi connectivity index (χ4v) is 3.13. The minimum Gasteiger partial charge on any atom is -0.426 e. The third-order valence-electron chi connectivity index (χ3n) is 4.40. The highest BCUT2D eigenvalue weighted by Crippen LogP contribution is 2.26. The number of hydrogen-bond acceptors (Lipinski definition) is 4. The van der Waals surface area contributed by atoms with E-state index in [4.69, 9.17) is 4.74 Å². The van der Waals surface area contributed by atoms with Crippen LogP contribution in [0.25, 0.3) is 27.5 Å². The molecule has 2 aromatic carbocycles. The number of ether oxygens (including phenoxy) is 1. The van der Waals surface area contributed by atoms with Gasteiger partial charge in [-0.3, -0.25) is 14.8 Å². The molecular formula is C21H14N4O2. The van der Waals surface area contributed by atoms with Crippen molar-refractivity contribution in [3.8, 4) is 17.4 Å². The lowest BCUT2D eigenvalue weighted by Gasteiger charge is -2.07. The SMILES string of the molecule is O=c1[nH]c(Oc2ccc3c(ccn3-c3ccccc3)c2)nc2cnccc12. The quantitative estimate of drug-likeness (QED) is 0.530. The Balaban J connectivity index is 1.52. The van der Waals surface area contributed by atoms with Crippen molar-refractivity contribution in [1.29, 1.82) is 0 Å². The van der Waals surface area contributed by atoms with Gasteiger partial charge in [-0.05, 0) is 42.5 Å². The molecule has 3 aromatic heterocycles. The van der Waals surface area contributed by atoms with Crippen LogP contribution in [0.3, 0.4) is 0 Å². The Labute approximate surface area is 153 Å². The standard InChI is InChI=1S/C21H14N4O2/c26-20-17-8-10-22-13-18(17)23-21(24-20)27-16-6-7-19-14(12-16)9-11-25(19)15-4-2-1-3-5-15/h1-13H,(H,23,24,26). The average molecular weight is 354 g/mol. The van der Waals surface area contributed by atoms with E-state index in [2.05, 4.69) is 31.7 Å². The molecule has 27 heavy (non-hydrogen) atoms. The van der Waals surface area contributed by atoms with Crippen molar-refractivity contribution >= 4 is 21.8 Å². The number of nitrogens with one attached hydrogen (secondary N) is 1. The molecule has 0 aliphatic heterocycles. The van der Waals surface area contributed by atoms with Crippen molar-refractivity contribution < 1.29 is 4.74 Å². The van der Waals surface area contributed by atoms with Gasteiger partial charge < -0.3 is 9.30 Å². The van der Waals surface area contributed by atoms with Gasteiger partial charge >= 0.3 is 6.01 Å². The zero-order valence-electron chi connectivity index (χ0n) is 14.2. The largest absolute Gasteiger partial charge is 0.426 e. The summed E-state index contributed by atoms with van der Waals surface area (Å²) in [7, 11) is 0. The summed E-state index contributed by atoms with van der Waals surface area (Å²) in [6, 6.07) is 19.7. The van der Waals surface area contributed by atoms with Gasteiger partial charge in [0.15, 0.2) is 0 Å². The Hall–Kier alpha value is -3.93. The van der Waals surface area contributed by atoms with E-state index < -0.39 is 0 Å². The molecule has 3 heterocycles. The van der Waals surface area contributed by atoms with Crippen molar-refractivity contribution in [2.24, 2.45) is 0 Å². The number of aromatic nitrogens is 4. The molecular weight excluding hydrogens is 340 g/mol. The predicted molar refractivity (Wildman–Crippen MR) is 104 cm³/mol. The number of H-pyrrole nitrogens is 1. The van der Waals surface area contributed by atoms with Gasteiger partial charge in [-0.1, -0.05) is 18.2 Å². The Kier molecular flexibility index (Phi) is 3.47. The molecule has 0 fully saturated rings. The summed E-state index contributed by atoms with van der Waals surface area (Å²) in [5.41, 5.74) is 2.40. The second kappa shape index (κ2) is 6.10. The summed E-state index contributed by atoms with van der Waals surface area (Å²) in [5, 5.41) is 1.51. The van der Waals surface area contributed by atoms with Crippen LogP contribution in [0.15, 0.2) is 84.0 Å². The molecule has 6 nitrogen and oxygen atoms in total. The minimum absolute atomic E-state index is 0.141. The monoisotopic (exact) mass is 354 g/mol. The number of nitrogens with zero attached hydrogens (tertiary/aromatic N) is 3. The maximum absolute atomic E-state index is 12.2. The minimum atomic E-state index is -0.256. The molecule has 1 N–H and O–H groups in total. The van der Waals surface area contributed by atoms with E-state index in [9.17, 15) is 4.79 Å². The second-order valence-electron chi connectivity index (χ2n) is 6.11. The van der Waals surface area contributed by atoms with Crippen molar-refractivity contribution in [3.05, 3.63) is 89.6 Å². The first kappa shape index (κ1) is 15.3. The van der Waals surface area contributed by atoms with E-state index in [-0.39, 0.29) is 11.6 Å². The lowest BCUT2D eigenvalue weighted by atomic mass is 10.2. The van der Waals surface area contributed by atoms with Crippen LogP contribution in [0.5, 0.6) is 11.8 Å². The predicted octanol–water partition coefficient (Wildman–Crippen LogP) is 4.05. The molecule has 0 aliphatic carbocycles. The first-order valence-electron chi connectivity index (χ1n) is 8.46. The normalized spacial score (nSPS) is 11.1. The van der Waals surface area contributed by atoms with Gasteiger partial charge in [0.25, 0.3) is 5.56 Å². The van der Waals surface area contributed by atoms with Gasteiger partial charge in [0.2, 0.25) is 0 Å². The summed E-state index contributed by atoms with van der Waals surface area (Å²) in [5.74, 6) is 0.597. The van der Waals surface area contributed by atoms with Crippen LogP contribution in [0, 0.1) is 0 Å². The molecule has 0 spiro atoms. The molecule has 130 valence electrons. The summed E-state index contributed by atoms with van der Waals surface area (Å²) < 4.78 is 7.90. The average Bonchev–Trinajstić information content (AvgIpc) is 3.12. The van der Waals surface area contributed by atoms with Crippen molar-refractivity contribution in [2.45, 2.75) is 0 Å². The third kappa shape index (κ3) is 2.73. The molecule has 5 rings (SSSR count). The fraction of sp³-hybridized carbons (Fsp3) is 0. The van der Waals surface area contributed by atoms with E-state index in [0.717, 1.165) is 16.6 Å². The summed E-state index contributed by atoms with van der Waals surface area (Å²) >= 11 is 0. The van der Waals surface area contributed by atoms with Gasteiger partial charge in [-0.15, -0.1) is 0 Å². The van der Waals surface area contributed by atoms with Gasteiger partial charge in [-0.25, -0.2) is 0 Å². The lowest BCUT2D eigenvalue weighted by molar-refractivity contribution is 0.443. The highest BCUT2D eigenvalue weighted by Gasteiger charge is 2.08. The maximum Gasteiger partial charge on any atom is 0.302 e. The highest BCUT2D eigenvalue weighted by atomic mass is 16.5. The lowest BCUT2D eigenvalue weighted by Crippen LogP contribution is -2.09. The summed E-state index contributed by atoms with van der Waals surface area (Å²) in [6.07, 6.45) is 5.12. The van der Waals surface area contributed by atoms with Crippen LogP contribution in [0.2, 0.25) is 0 Å². The molecule has 0 bridgehead atoms. The number of benzene rings is 2. The van der Waals surface area contributed by atoms with Crippen LogP contribution >= 0.6 is 0 Å². The van der Waals surface area contributed by atoms with Crippen LogP contribution in [-0.4, -0.2) is 19.5 Å². The third-order valence-corrected chi connectivity index (χ3v) is 4.40. The zero-order valence-corrected chi connectivity index (χ0v) is 14.2. The number of fused-ring (bicyclic) bond motifs is 2. The fourth-order valence-electron chi connectivity index (χ4n) is 3.13. The zero-order chi connectivity index (χ0) is 18.2. The topological polar surface area (TPSA) is 72.8 Å². The maximum atomic E-state index is 12.2. The first-order valence-corrected chi connectivity index (χ1v) is 8.46. The Morgan fingerprint density at radius 1 is 1.00 bits per heavy atom. The van der Waals surface area contributed by atoms with Gasteiger partial charge in [0.1, 0.15) is 5.75 Å². The summed E-state index contributed by atoms with van der Waals surface area (Å²) in [6.45, 7) is 0. The van der Waals surface area contributed by atoms with Crippen LogP contribution in [0.4, 0.5) is 0 Å². The number of rotatable bonds is 3. The van der Waals surface area contributed by atoms with Crippen LogP contribution in [-0.2, 0) is 0 Å². The number of hydrogen-bond donors (Lipinski definition) is 1. The molecule has 0 saturated heterocycles. The molecule has 0 saturated carbocycles. The molecule has 0 unspecified atom stereocenters. The Bertz CT molecular complexity index is 1320. The molecule has 0 atom stereocenters. The molecule has 0 aliphatic rings. The smallest absolute Gasteiger partial charge is 0.302 e. The van der Waals surface area contributed by atoms with E-state index in [0.29, 0.717) is 16.7 Å². The van der Waals surface area contributed by atoms with Gasteiger partial charge in [0, 0.05) is 23.5 Å². The first-order chi connectivity index (χ1) is 13.3. The van der Waals surface area contributed by atoms with E-state index in [1.165, 1.54) is 0 Å². The van der Waals surface area contributed by atoms with Crippen molar-refractivity contribution in [3.63, 3.8) is 0 Å². The van der Waals surface area contributed by atoms with E-state index >= 15 is 0 Å².